The van der Waals surface area contributed by atoms with E-state index in [1.54, 1.807) is 24.3 Å². The largest absolute Gasteiger partial charge is 0.504 e. The molecule has 0 atom stereocenters. The Morgan fingerprint density at radius 3 is 1.82 bits per heavy atom. The van der Waals surface area contributed by atoms with E-state index in [0.717, 1.165) is 44.1 Å². The first-order chi connectivity index (χ1) is 19.0. The normalized spacial score (nSPS) is 11.0. The Bertz CT molecular complexity index is 942. The standard InChI is InChI=1S/C33H50O6/c1-2-3-4-5-6-7-8-9-10-11-13-16-25-38-30-24-19-22-28(33(36)37)32(30)39-26-17-14-12-15-20-27-21-18-23-29(34)31(27)35/h18-19,21-24,34-35H,2-17,20,25-26H2,1H3,(H,36,37). The molecule has 2 aromatic carbocycles. The van der Waals surface area contributed by atoms with Crippen LogP contribution in [0.4, 0.5) is 0 Å². The van der Waals surface area contributed by atoms with Crippen LogP contribution in [0.25, 0.3) is 0 Å². The van der Waals surface area contributed by atoms with Crippen LogP contribution in [0.2, 0.25) is 0 Å². The number of aromatic hydroxyl groups is 2. The number of hydrogen-bond acceptors (Lipinski definition) is 5. The molecule has 2 aromatic rings. The third kappa shape index (κ3) is 13.1. The van der Waals surface area contributed by atoms with Crippen LogP contribution in [0.3, 0.4) is 0 Å². The van der Waals surface area contributed by atoms with E-state index in [1.165, 1.54) is 70.3 Å². The summed E-state index contributed by atoms with van der Waals surface area (Å²) in [5.74, 6) is -0.338. The third-order valence-electron chi connectivity index (χ3n) is 7.15. The van der Waals surface area contributed by atoms with Crippen LogP contribution in [0.5, 0.6) is 23.0 Å². The molecule has 0 aromatic heterocycles. The molecule has 0 amide bonds. The molecular weight excluding hydrogens is 492 g/mol. The van der Waals surface area contributed by atoms with E-state index in [-0.39, 0.29) is 17.1 Å². The molecule has 0 aliphatic carbocycles. The van der Waals surface area contributed by atoms with Gasteiger partial charge in [-0.25, -0.2) is 4.79 Å². The molecule has 0 radical (unpaired) electrons. The van der Waals surface area contributed by atoms with Gasteiger partial charge >= 0.3 is 5.97 Å². The van der Waals surface area contributed by atoms with Crippen molar-refractivity contribution in [2.24, 2.45) is 0 Å². The summed E-state index contributed by atoms with van der Waals surface area (Å²) in [4.78, 5) is 11.7. The number of carboxylic acids is 1. The van der Waals surface area contributed by atoms with Crippen LogP contribution in [-0.2, 0) is 6.42 Å². The van der Waals surface area contributed by atoms with Crippen LogP contribution in [0.15, 0.2) is 36.4 Å². The highest BCUT2D eigenvalue weighted by Crippen LogP contribution is 2.32. The van der Waals surface area contributed by atoms with E-state index in [0.29, 0.717) is 31.1 Å². The number of ether oxygens (including phenoxy) is 2. The van der Waals surface area contributed by atoms with E-state index in [9.17, 15) is 20.1 Å². The van der Waals surface area contributed by atoms with Gasteiger partial charge in [-0.1, -0.05) is 109 Å². The van der Waals surface area contributed by atoms with Crippen molar-refractivity contribution in [3.8, 4) is 23.0 Å². The lowest BCUT2D eigenvalue weighted by Crippen LogP contribution is -2.08. The summed E-state index contributed by atoms with van der Waals surface area (Å²) in [7, 11) is 0. The molecule has 0 heterocycles. The van der Waals surface area contributed by atoms with Crippen LogP contribution >= 0.6 is 0 Å². The Kier molecular flexibility index (Phi) is 16.6. The summed E-state index contributed by atoms with van der Waals surface area (Å²) in [5.41, 5.74) is 0.873. The van der Waals surface area contributed by atoms with Gasteiger partial charge in [0.05, 0.1) is 13.2 Å². The second kappa shape index (κ2) is 20.1. The lowest BCUT2D eigenvalue weighted by atomic mass is 10.0. The Hall–Kier alpha value is -2.89. The van der Waals surface area contributed by atoms with Crippen LogP contribution in [0, 0.1) is 0 Å². The third-order valence-corrected chi connectivity index (χ3v) is 7.15. The highest BCUT2D eigenvalue weighted by molar-refractivity contribution is 5.92. The number of para-hydroxylation sites is 2. The average molecular weight is 543 g/mol. The van der Waals surface area contributed by atoms with Crippen molar-refractivity contribution in [2.45, 2.75) is 116 Å². The lowest BCUT2D eigenvalue weighted by Gasteiger charge is -2.15. The first-order valence-electron chi connectivity index (χ1n) is 15.2. The van der Waals surface area contributed by atoms with E-state index in [2.05, 4.69) is 6.92 Å². The number of benzene rings is 2. The Morgan fingerprint density at radius 2 is 1.21 bits per heavy atom. The van der Waals surface area contributed by atoms with E-state index in [1.807, 2.05) is 6.07 Å². The van der Waals surface area contributed by atoms with Gasteiger partial charge in [-0.3, -0.25) is 0 Å². The van der Waals surface area contributed by atoms with Gasteiger partial charge in [0.25, 0.3) is 0 Å². The maximum absolute atomic E-state index is 11.7. The van der Waals surface area contributed by atoms with Gasteiger partial charge < -0.3 is 24.8 Å². The minimum atomic E-state index is -1.02. The van der Waals surface area contributed by atoms with Crippen molar-refractivity contribution < 1.29 is 29.6 Å². The lowest BCUT2D eigenvalue weighted by molar-refractivity contribution is 0.0691. The zero-order valence-electron chi connectivity index (χ0n) is 24.0. The second-order valence-electron chi connectivity index (χ2n) is 10.5. The molecule has 6 nitrogen and oxygen atoms in total. The maximum atomic E-state index is 11.7. The number of carbonyl (C=O) groups is 1. The van der Waals surface area contributed by atoms with Gasteiger partial charge in [0.15, 0.2) is 23.0 Å². The minimum Gasteiger partial charge on any atom is -0.504 e. The second-order valence-corrected chi connectivity index (χ2v) is 10.5. The monoisotopic (exact) mass is 542 g/mol. The quantitative estimate of drug-likeness (QED) is 0.0957. The van der Waals surface area contributed by atoms with Crippen molar-refractivity contribution in [2.75, 3.05) is 13.2 Å². The molecule has 0 aliphatic rings. The molecule has 2 rings (SSSR count). The fraction of sp³-hybridized carbons (Fsp3) is 0.606. The fourth-order valence-electron chi connectivity index (χ4n) is 4.80. The number of phenolic OH excluding ortho intramolecular Hbond substituents is 2. The van der Waals surface area contributed by atoms with Gasteiger partial charge in [0, 0.05) is 0 Å². The smallest absolute Gasteiger partial charge is 0.339 e. The van der Waals surface area contributed by atoms with Crippen molar-refractivity contribution in [1.82, 2.24) is 0 Å². The predicted octanol–water partition coefficient (Wildman–Crippen LogP) is 9.06. The average Bonchev–Trinajstić information content (AvgIpc) is 2.93. The molecule has 218 valence electrons. The molecule has 3 N–H and O–H groups in total. The molecule has 0 saturated carbocycles. The topological polar surface area (TPSA) is 96.2 Å². The van der Waals surface area contributed by atoms with E-state index < -0.39 is 5.97 Å². The predicted molar refractivity (Wildman–Crippen MR) is 157 cm³/mol. The molecule has 6 heteroatoms. The number of phenols is 2. The summed E-state index contributed by atoms with van der Waals surface area (Å²) in [6.45, 7) is 3.22. The van der Waals surface area contributed by atoms with Crippen LogP contribution in [0.1, 0.15) is 126 Å². The molecule has 39 heavy (non-hydrogen) atoms. The number of aromatic carboxylic acids is 1. The van der Waals surface area contributed by atoms with E-state index in [4.69, 9.17) is 9.47 Å². The number of carboxylic acid groups (broad SMARTS) is 1. The van der Waals surface area contributed by atoms with Gasteiger partial charge in [-0.15, -0.1) is 0 Å². The van der Waals surface area contributed by atoms with Gasteiger partial charge in [0.1, 0.15) is 5.56 Å². The van der Waals surface area contributed by atoms with Crippen molar-refractivity contribution in [3.05, 3.63) is 47.5 Å². The van der Waals surface area contributed by atoms with Crippen molar-refractivity contribution in [1.29, 1.82) is 0 Å². The number of unbranched alkanes of at least 4 members (excludes halogenated alkanes) is 14. The molecule has 0 bridgehead atoms. The Balaban J connectivity index is 1.62. The molecular formula is C33H50O6. The Morgan fingerprint density at radius 1 is 0.667 bits per heavy atom. The minimum absolute atomic E-state index is 0.0397. The number of hydrogen-bond donors (Lipinski definition) is 3. The van der Waals surface area contributed by atoms with Gasteiger partial charge in [-0.05, 0) is 49.4 Å². The van der Waals surface area contributed by atoms with Crippen molar-refractivity contribution in [3.63, 3.8) is 0 Å². The van der Waals surface area contributed by atoms with Crippen LogP contribution in [-0.4, -0.2) is 34.5 Å². The summed E-state index contributed by atoms with van der Waals surface area (Å²) < 4.78 is 11.9. The first-order valence-corrected chi connectivity index (χ1v) is 15.2. The van der Waals surface area contributed by atoms with Gasteiger partial charge in [0.2, 0.25) is 0 Å². The zero-order chi connectivity index (χ0) is 28.1. The summed E-state index contributed by atoms with van der Waals surface area (Å²) in [6, 6.07) is 10.1. The highest BCUT2D eigenvalue weighted by atomic mass is 16.5. The number of rotatable bonds is 23. The van der Waals surface area contributed by atoms with Gasteiger partial charge in [-0.2, -0.15) is 0 Å². The first kappa shape index (κ1) is 32.3. The molecule has 0 unspecified atom stereocenters. The van der Waals surface area contributed by atoms with E-state index >= 15 is 0 Å². The molecule has 0 spiro atoms. The maximum Gasteiger partial charge on any atom is 0.339 e. The molecule has 0 saturated heterocycles. The highest BCUT2D eigenvalue weighted by Gasteiger charge is 2.16. The summed E-state index contributed by atoms with van der Waals surface area (Å²) in [5, 5.41) is 29.1. The summed E-state index contributed by atoms with van der Waals surface area (Å²) in [6.07, 6.45) is 19.6. The Labute approximate surface area is 235 Å². The fourth-order valence-corrected chi connectivity index (χ4v) is 4.80. The summed E-state index contributed by atoms with van der Waals surface area (Å²) >= 11 is 0. The molecule has 0 aliphatic heterocycles. The zero-order valence-corrected chi connectivity index (χ0v) is 24.0. The van der Waals surface area contributed by atoms with Crippen molar-refractivity contribution >= 4 is 5.97 Å². The SMILES string of the molecule is CCCCCCCCCCCCCCOc1cccc(C(=O)O)c1OCCCCCCc1cccc(O)c1O. The number of aryl methyl sites for hydroxylation is 1. The van der Waals surface area contributed by atoms with Crippen LogP contribution < -0.4 is 9.47 Å². The molecule has 0 fully saturated rings.